The summed E-state index contributed by atoms with van der Waals surface area (Å²) < 4.78 is 15.3. The third kappa shape index (κ3) is 3.80. The Morgan fingerprint density at radius 3 is 2.73 bits per heavy atom. The van der Waals surface area contributed by atoms with Crippen molar-refractivity contribution >= 4 is 28.5 Å². The Hall–Kier alpha value is -2.01. The SMILES string of the molecule is CCCc1cc(=O)oc2cc(OCC(=O)OCC)c(Cl)cc12. The molecule has 5 nitrogen and oxygen atoms in total. The van der Waals surface area contributed by atoms with Gasteiger partial charge >= 0.3 is 11.6 Å². The predicted octanol–water partition coefficient (Wildman–Crippen LogP) is 3.34. The average molecular weight is 325 g/mol. The van der Waals surface area contributed by atoms with Gasteiger partial charge < -0.3 is 13.9 Å². The van der Waals surface area contributed by atoms with Gasteiger partial charge in [-0.15, -0.1) is 0 Å². The van der Waals surface area contributed by atoms with Crippen LogP contribution in [0.1, 0.15) is 25.8 Å². The molecule has 0 fully saturated rings. The minimum Gasteiger partial charge on any atom is -0.480 e. The third-order valence-corrected chi connectivity index (χ3v) is 3.35. The van der Waals surface area contributed by atoms with Crippen LogP contribution < -0.4 is 10.4 Å². The fraction of sp³-hybridized carbons (Fsp3) is 0.375. The predicted molar refractivity (Wildman–Crippen MR) is 83.6 cm³/mol. The minimum absolute atomic E-state index is 0.252. The van der Waals surface area contributed by atoms with E-state index < -0.39 is 11.6 Å². The van der Waals surface area contributed by atoms with Crippen LogP contribution in [0.2, 0.25) is 5.02 Å². The van der Waals surface area contributed by atoms with Crippen LogP contribution in [0.15, 0.2) is 27.4 Å². The molecule has 1 aromatic carbocycles. The van der Waals surface area contributed by atoms with Gasteiger partial charge in [-0.1, -0.05) is 24.9 Å². The third-order valence-electron chi connectivity index (χ3n) is 3.05. The molecule has 2 rings (SSSR count). The Labute approximate surface area is 132 Å². The van der Waals surface area contributed by atoms with Crippen molar-refractivity contribution < 1.29 is 18.7 Å². The fourth-order valence-corrected chi connectivity index (χ4v) is 2.37. The van der Waals surface area contributed by atoms with E-state index in [1.807, 2.05) is 6.92 Å². The van der Waals surface area contributed by atoms with Crippen LogP contribution in [0.5, 0.6) is 5.75 Å². The fourth-order valence-electron chi connectivity index (χ4n) is 2.15. The lowest BCUT2D eigenvalue weighted by atomic mass is 10.1. The summed E-state index contributed by atoms with van der Waals surface area (Å²) in [7, 11) is 0. The molecule has 0 bridgehead atoms. The molecule has 0 aliphatic rings. The summed E-state index contributed by atoms with van der Waals surface area (Å²) in [5.41, 5.74) is 0.849. The van der Waals surface area contributed by atoms with Crippen molar-refractivity contribution in [2.45, 2.75) is 26.7 Å². The molecule has 2 aromatic rings. The largest absolute Gasteiger partial charge is 0.480 e. The van der Waals surface area contributed by atoms with Crippen LogP contribution in [0.25, 0.3) is 11.0 Å². The second kappa shape index (κ2) is 7.31. The van der Waals surface area contributed by atoms with Crippen LogP contribution in [-0.2, 0) is 16.0 Å². The highest BCUT2D eigenvalue weighted by Gasteiger charge is 2.12. The second-order valence-corrected chi connectivity index (χ2v) is 5.12. The molecule has 0 radical (unpaired) electrons. The van der Waals surface area contributed by atoms with Crippen LogP contribution >= 0.6 is 11.6 Å². The zero-order chi connectivity index (χ0) is 16.1. The van der Waals surface area contributed by atoms with Crippen LogP contribution in [0, 0.1) is 0 Å². The summed E-state index contributed by atoms with van der Waals surface area (Å²) in [6.45, 7) is 3.77. The van der Waals surface area contributed by atoms with Crippen molar-refractivity contribution in [3.05, 3.63) is 39.2 Å². The molecule has 22 heavy (non-hydrogen) atoms. The Bertz CT molecular complexity index is 735. The van der Waals surface area contributed by atoms with Crippen LogP contribution in [0.4, 0.5) is 0 Å². The first-order chi connectivity index (χ1) is 10.5. The zero-order valence-electron chi connectivity index (χ0n) is 12.5. The summed E-state index contributed by atoms with van der Waals surface area (Å²) in [6.07, 6.45) is 1.65. The van der Waals surface area contributed by atoms with Crippen molar-refractivity contribution in [1.82, 2.24) is 0 Å². The van der Waals surface area contributed by atoms with E-state index in [0.29, 0.717) is 10.6 Å². The van der Waals surface area contributed by atoms with Crippen LogP contribution in [0.3, 0.4) is 0 Å². The van der Waals surface area contributed by atoms with Gasteiger partial charge in [0, 0.05) is 17.5 Å². The quantitative estimate of drug-likeness (QED) is 0.602. The van der Waals surface area contributed by atoms with Crippen molar-refractivity contribution in [1.29, 1.82) is 0 Å². The molecule has 0 saturated carbocycles. The number of benzene rings is 1. The maximum absolute atomic E-state index is 11.6. The zero-order valence-corrected chi connectivity index (χ0v) is 13.2. The molecule has 0 atom stereocenters. The van der Waals surface area contributed by atoms with E-state index in [0.717, 1.165) is 23.8 Å². The highest BCUT2D eigenvalue weighted by Crippen LogP contribution is 2.31. The van der Waals surface area contributed by atoms with E-state index in [9.17, 15) is 9.59 Å². The maximum Gasteiger partial charge on any atom is 0.344 e. The first-order valence-corrected chi connectivity index (χ1v) is 7.47. The molecule has 1 aromatic heterocycles. The van der Waals surface area contributed by atoms with Gasteiger partial charge in [0.25, 0.3) is 0 Å². The van der Waals surface area contributed by atoms with E-state index >= 15 is 0 Å². The standard InChI is InChI=1S/C16H17ClO5/c1-3-5-10-6-15(18)22-13-8-14(12(17)7-11(10)13)21-9-16(19)20-4-2/h6-8H,3-5,9H2,1-2H3. The first-order valence-electron chi connectivity index (χ1n) is 7.09. The number of ether oxygens (including phenoxy) is 2. The monoisotopic (exact) mass is 324 g/mol. The second-order valence-electron chi connectivity index (χ2n) is 4.71. The molecule has 0 aliphatic heterocycles. The van der Waals surface area contributed by atoms with Gasteiger partial charge in [-0.3, -0.25) is 0 Å². The van der Waals surface area contributed by atoms with Crippen molar-refractivity contribution in [3.8, 4) is 5.75 Å². The lowest BCUT2D eigenvalue weighted by Gasteiger charge is -2.10. The molecule has 0 N–H and O–H groups in total. The number of hydrogen-bond acceptors (Lipinski definition) is 5. The molecule has 0 spiro atoms. The van der Waals surface area contributed by atoms with Crippen molar-refractivity contribution in [2.24, 2.45) is 0 Å². The Morgan fingerprint density at radius 2 is 2.05 bits per heavy atom. The van der Waals surface area contributed by atoms with E-state index in [4.69, 9.17) is 25.5 Å². The summed E-state index contributed by atoms with van der Waals surface area (Å²) in [6, 6.07) is 4.68. The number of halogens is 1. The number of esters is 1. The van der Waals surface area contributed by atoms with Gasteiger partial charge in [-0.05, 0) is 25.0 Å². The number of aryl methyl sites for hydroxylation is 1. The molecule has 0 unspecified atom stereocenters. The Morgan fingerprint density at radius 1 is 1.27 bits per heavy atom. The summed E-state index contributed by atoms with van der Waals surface area (Å²) in [5, 5.41) is 1.12. The number of hydrogen-bond donors (Lipinski definition) is 0. The number of carbonyl (C=O) groups excluding carboxylic acids is 1. The maximum atomic E-state index is 11.6. The summed E-state index contributed by atoms with van der Waals surface area (Å²) >= 11 is 6.18. The molecule has 6 heteroatoms. The summed E-state index contributed by atoms with van der Waals surface area (Å²) in [4.78, 5) is 22.9. The van der Waals surface area contributed by atoms with Gasteiger partial charge in [0.05, 0.1) is 11.6 Å². The van der Waals surface area contributed by atoms with E-state index in [1.54, 1.807) is 13.0 Å². The molecule has 0 amide bonds. The molecular formula is C16H17ClO5. The van der Waals surface area contributed by atoms with E-state index in [2.05, 4.69) is 0 Å². The first kappa shape index (κ1) is 16.4. The van der Waals surface area contributed by atoms with Crippen LogP contribution in [-0.4, -0.2) is 19.2 Å². The van der Waals surface area contributed by atoms with E-state index in [1.165, 1.54) is 12.1 Å². The lowest BCUT2D eigenvalue weighted by molar-refractivity contribution is -0.145. The van der Waals surface area contributed by atoms with Crippen molar-refractivity contribution in [3.63, 3.8) is 0 Å². The van der Waals surface area contributed by atoms with Gasteiger partial charge in [-0.25, -0.2) is 9.59 Å². The number of carbonyl (C=O) groups is 1. The molecule has 0 saturated heterocycles. The summed E-state index contributed by atoms with van der Waals surface area (Å²) in [5.74, 6) is -0.209. The highest BCUT2D eigenvalue weighted by atomic mass is 35.5. The topological polar surface area (TPSA) is 65.7 Å². The van der Waals surface area contributed by atoms with Gasteiger partial charge in [0.1, 0.15) is 11.3 Å². The molecule has 118 valence electrons. The molecular weight excluding hydrogens is 308 g/mol. The smallest absolute Gasteiger partial charge is 0.344 e. The average Bonchev–Trinajstić information content (AvgIpc) is 2.46. The normalized spacial score (nSPS) is 10.7. The van der Waals surface area contributed by atoms with E-state index in [-0.39, 0.29) is 19.0 Å². The minimum atomic E-state index is -0.486. The highest BCUT2D eigenvalue weighted by molar-refractivity contribution is 6.32. The number of rotatable bonds is 6. The van der Waals surface area contributed by atoms with Gasteiger partial charge in [0.2, 0.25) is 0 Å². The molecule has 0 aliphatic carbocycles. The number of fused-ring (bicyclic) bond motifs is 1. The lowest BCUT2D eigenvalue weighted by Crippen LogP contribution is -2.14. The van der Waals surface area contributed by atoms with Crippen molar-refractivity contribution in [2.75, 3.05) is 13.2 Å². The van der Waals surface area contributed by atoms with Gasteiger partial charge in [0.15, 0.2) is 6.61 Å². The Kier molecular flexibility index (Phi) is 5.44. The Balaban J connectivity index is 2.36. The van der Waals surface area contributed by atoms with Gasteiger partial charge in [-0.2, -0.15) is 0 Å². The molecule has 1 heterocycles.